The number of nitrogens with one attached hydrogen (secondary N) is 1. The van der Waals surface area contributed by atoms with Gasteiger partial charge in [-0.25, -0.2) is 0 Å². The highest BCUT2D eigenvalue weighted by molar-refractivity contribution is 6.31. The van der Waals surface area contributed by atoms with Crippen LogP contribution in [0, 0.1) is 5.92 Å². The van der Waals surface area contributed by atoms with Crippen LogP contribution in [-0.2, 0) is 6.54 Å². The van der Waals surface area contributed by atoms with E-state index in [0.717, 1.165) is 30.6 Å². The quantitative estimate of drug-likeness (QED) is 0.894. The molecular formula is C16H25ClN2. The molecule has 3 heteroatoms. The lowest BCUT2D eigenvalue weighted by Gasteiger charge is -2.39. The summed E-state index contributed by atoms with van der Waals surface area (Å²) < 4.78 is 0. The molecule has 0 spiro atoms. The van der Waals surface area contributed by atoms with Crippen LogP contribution in [0.2, 0.25) is 5.02 Å². The van der Waals surface area contributed by atoms with Crippen LogP contribution in [0.4, 0.5) is 5.69 Å². The van der Waals surface area contributed by atoms with E-state index in [4.69, 9.17) is 11.6 Å². The first kappa shape index (κ1) is 14.7. The first-order valence-electron chi connectivity index (χ1n) is 7.38. The first-order valence-corrected chi connectivity index (χ1v) is 7.76. The molecule has 1 fully saturated rings. The van der Waals surface area contributed by atoms with Gasteiger partial charge in [0.2, 0.25) is 0 Å². The van der Waals surface area contributed by atoms with Crippen molar-refractivity contribution in [3.8, 4) is 0 Å². The summed E-state index contributed by atoms with van der Waals surface area (Å²) in [7, 11) is 0. The Labute approximate surface area is 122 Å². The molecule has 2 nitrogen and oxygen atoms in total. The van der Waals surface area contributed by atoms with E-state index in [2.05, 4.69) is 43.1 Å². The van der Waals surface area contributed by atoms with Gasteiger partial charge in [0.15, 0.2) is 0 Å². The molecule has 0 bridgehead atoms. The average molecular weight is 281 g/mol. The Balaban J connectivity index is 2.25. The molecule has 1 aliphatic rings. The van der Waals surface area contributed by atoms with Crippen molar-refractivity contribution in [1.82, 2.24) is 5.32 Å². The molecule has 1 aromatic carbocycles. The largest absolute Gasteiger partial charge is 0.369 e. The Bertz CT molecular complexity index is 419. The molecule has 1 N–H and O–H groups in total. The van der Waals surface area contributed by atoms with Crippen LogP contribution in [0.1, 0.15) is 39.2 Å². The number of halogens is 1. The fourth-order valence-corrected chi connectivity index (χ4v) is 3.24. The Morgan fingerprint density at radius 2 is 2.16 bits per heavy atom. The minimum Gasteiger partial charge on any atom is -0.369 e. The van der Waals surface area contributed by atoms with Crippen LogP contribution in [0.15, 0.2) is 18.2 Å². The topological polar surface area (TPSA) is 15.3 Å². The van der Waals surface area contributed by atoms with Crippen LogP contribution in [0.25, 0.3) is 0 Å². The lowest BCUT2D eigenvalue weighted by atomic mass is 9.92. The smallest absolute Gasteiger partial charge is 0.0471 e. The van der Waals surface area contributed by atoms with Crippen molar-refractivity contribution in [2.24, 2.45) is 5.92 Å². The lowest BCUT2D eigenvalue weighted by Crippen LogP contribution is -2.41. The molecule has 2 rings (SSSR count). The zero-order chi connectivity index (χ0) is 13.8. The van der Waals surface area contributed by atoms with E-state index in [9.17, 15) is 0 Å². The molecule has 2 atom stereocenters. The van der Waals surface area contributed by atoms with Crippen molar-refractivity contribution < 1.29 is 0 Å². The maximum Gasteiger partial charge on any atom is 0.0471 e. The minimum atomic E-state index is 0.600. The molecule has 1 heterocycles. The van der Waals surface area contributed by atoms with Crippen molar-refractivity contribution in [2.45, 2.75) is 46.2 Å². The Morgan fingerprint density at radius 1 is 1.37 bits per heavy atom. The fraction of sp³-hybridized carbons (Fsp3) is 0.625. The van der Waals surface area contributed by atoms with Crippen LogP contribution >= 0.6 is 11.6 Å². The number of hydrogen-bond donors (Lipinski definition) is 1. The Hall–Kier alpha value is -0.730. The van der Waals surface area contributed by atoms with Crippen molar-refractivity contribution in [3.05, 3.63) is 28.8 Å². The maximum atomic E-state index is 6.39. The minimum absolute atomic E-state index is 0.600. The highest BCUT2D eigenvalue weighted by Crippen LogP contribution is 2.33. The van der Waals surface area contributed by atoms with Gasteiger partial charge in [-0.1, -0.05) is 31.5 Å². The molecule has 1 aliphatic heterocycles. The number of nitrogens with zero attached hydrogens (tertiary/aromatic N) is 1. The van der Waals surface area contributed by atoms with Crippen molar-refractivity contribution in [3.63, 3.8) is 0 Å². The third kappa shape index (κ3) is 3.43. The predicted molar refractivity (Wildman–Crippen MR) is 84.0 cm³/mol. The molecule has 0 aromatic heterocycles. The second kappa shape index (κ2) is 6.62. The summed E-state index contributed by atoms with van der Waals surface area (Å²) in [6.45, 7) is 9.77. The van der Waals surface area contributed by atoms with E-state index in [1.54, 1.807) is 0 Å². The van der Waals surface area contributed by atoms with Gasteiger partial charge in [-0.2, -0.15) is 0 Å². The van der Waals surface area contributed by atoms with Gasteiger partial charge in [0, 0.05) is 35.4 Å². The summed E-state index contributed by atoms with van der Waals surface area (Å²) in [5.74, 6) is 0.836. The Kier molecular flexibility index (Phi) is 5.12. The molecular weight excluding hydrogens is 256 g/mol. The summed E-state index contributed by atoms with van der Waals surface area (Å²) in [6.07, 6.45) is 2.55. The van der Waals surface area contributed by atoms with Gasteiger partial charge in [0.1, 0.15) is 0 Å². The second-order valence-electron chi connectivity index (χ2n) is 5.69. The molecule has 0 radical (unpaired) electrons. The van der Waals surface area contributed by atoms with Crippen LogP contribution in [0.3, 0.4) is 0 Å². The van der Waals surface area contributed by atoms with Crippen LogP contribution in [-0.4, -0.2) is 19.1 Å². The zero-order valence-electron chi connectivity index (χ0n) is 12.2. The molecule has 1 saturated heterocycles. The molecule has 19 heavy (non-hydrogen) atoms. The van der Waals surface area contributed by atoms with Crippen molar-refractivity contribution >= 4 is 17.3 Å². The van der Waals surface area contributed by atoms with Crippen molar-refractivity contribution in [1.29, 1.82) is 0 Å². The number of anilines is 1. The van der Waals surface area contributed by atoms with E-state index in [0.29, 0.717) is 6.04 Å². The number of benzene rings is 1. The monoisotopic (exact) mass is 280 g/mol. The summed E-state index contributed by atoms with van der Waals surface area (Å²) in [5, 5.41) is 4.28. The normalized spacial score (nSPS) is 23.7. The summed E-state index contributed by atoms with van der Waals surface area (Å²) in [5.41, 5.74) is 2.56. The van der Waals surface area contributed by atoms with E-state index in [1.165, 1.54) is 24.1 Å². The fourth-order valence-electron chi connectivity index (χ4n) is 3.01. The van der Waals surface area contributed by atoms with Gasteiger partial charge in [-0.05, 0) is 44.4 Å². The molecule has 106 valence electrons. The zero-order valence-corrected chi connectivity index (χ0v) is 13.0. The first-order chi connectivity index (χ1) is 9.13. The van der Waals surface area contributed by atoms with Gasteiger partial charge >= 0.3 is 0 Å². The molecule has 0 saturated carbocycles. The Morgan fingerprint density at radius 3 is 2.84 bits per heavy atom. The van der Waals surface area contributed by atoms with E-state index < -0.39 is 0 Å². The van der Waals surface area contributed by atoms with E-state index in [-0.39, 0.29) is 0 Å². The maximum absolute atomic E-state index is 6.39. The summed E-state index contributed by atoms with van der Waals surface area (Å²) in [4.78, 5) is 2.53. The van der Waals surface area contributed by atoms with E-state index >= 15 is 0 Å². The standard InChI is InChI=1S/C16H25ClN2/c1-4-18-11-14-15(17)6-5-7-16(14)19-9-8-12(2)10-13(19)3/h5-7,12-13,18H,4,8-11H2,1-3H3. The lowest BCUT2D eigenvalue weighted by molar-refractivity contribution is 0.377. The highest BCUT2D eigenvalue weighted by atomic mass is 35.5. The third-order valence-corrected chi connectivity index (χ3v) is 4.45. The van der Waals surface area contributed by atoms with Gasteiger partial charge in [-0.15, -0.1) is 0 Å². The van der Waals surface area contributed by atoms with Gasteiger partial charge in [0.05, 0.1) is 0 Å². The third-order valence-electron chi connectivity index (χ3n) is 4.09. The molecule has 0 aliphatic carbocycles. The molecule has 2 unspecified atom stereocenters. The van der Waals surface area contributed by atoms with Gasteiger partial charge in [0.25, 0.3) is 0 Å². The number of hydrogen-bond acceptors (Lipinski definition) is 2. The summed E-state index contributed by atoms with van der Waals surface area (Å²) >= 11 is 6.39. The van der Waals surface area contributed by atoms with Crippen LogP contribution < -0.4 is 10.2 Å². The van der Waals surface area contributed by atoms with Crippen LogP contribution in [0.5, 0.6) is 0 Å². The van der Waals surface area contributed by atoms with Gasteiger partial charge in [-0.3, -0.25) is 0 Å². The van der Waals surface area contributed by atoms with E-state index in [1.807, 2.05) is 6.07 Å². The summed E-state index contributed by atoms with van der Waals surface area (Å²) in [6, 6.07) is 6.88. The highest BCUT2D eigenvalue weighted by Gasteiger charge is 2.25. The number of piperidine rings is 1. The molecule has 0 amide bonds. The van der Waals surface area contributed by atoms with Gasteiger partial charge < -0.3 is 10.2 Å². The SMILES string of the molecule is CCNCc1c(Cl)cccc1N1CCC(C)CC1C. The average Bonchev–Trinajstić information content (AvgIpc) is 2.37. The second-order valence-corrected chi connectivity index (χ2v) is 6.10. The number of rotatable bonds is 4. The predicted octanol–water partition coefficient (Wildman–Crippen LogP) is 4.07. The molecule has 1 aromatic rings. The van der Waals surface area contributed by atoms with Crippen molar-refractivity contribution in [2.75, 3.05) is 18.0 Å².